The summed E-state index contributed by atoms with van der Waals surface area (Å²) in [6, 6.07) is 6.42. The topological polar surface area (TPSA) is 64.9 Å². The number of rotatable bonds is 4. The van der Waals surface area contributed by atoms with Crippen molar-refractivity contribution in [1.82, 2.24) is 10.1 Å². The van der Waals surface area contributed by atoms with Crippen LogP contribution in [0.4, 0.5) is 0 Å². The summed E-state index contributed by atoms with van der Waals surface area (Å²) in [6.45, 7) is 4.64. The first-order chi connectivity index (χ1) is 8.67. The van der Waals surface area contributed by atoms with E-state index in [9.17, 15) is 0 Å². The molecule has 2 rings (SSSR count). The first-order valence-corrected chi connectivity index (χ1v) is 5.94. The van der Waals surface area contributed by atoms with Gasteiger partial charge in [0.05, 0.1) is 0 Å². The van der Waals surface area contributed by atoms with Crippen molar-refractivity contribution in [3.05, 3.63) is 52.7 Å². The van der Waals surface area contributed by atoms with E-state index in [4.69, 9.17) is 10.3 Å². The first kappa shape index (κ1) is 12.5. The zero-order chi connectivity index (χ0) is 13.0. The van der Waals surface area contributed by atoms with Crippen LogP contribution < -0.4 is 5.73 Å². The Labute approximate surface area is 107 Å². The Balaban J connectivity index is 2.13. The molecule has 0 atom stereocenters. The Kier molecular flexibility index (Phi) is 3.89. The largest absolute Gasteiger partial charge is 0.335 e. The Morgan fingerprint density at radius 3 is 2.61 bits per heavy atom. The van der Waals surface area contributed by atoms with Gasteiger partial charge in [-0.15, -0.1) is 0 Å². The molecule has 2 aromatic rings. The molecular formula is C14H17N3O. The van der Waals surface area contributed by atoms with Crippen molar-refractivity contribution in [2.45, 2.75) is 20.3 Å². The van der Waals surface area contributed by atoms with Gasteiger partial charge in [-0.3, -0.25) is 0 Å². The lowest BCUT2D eigenvalue weighted by Gasteiger charge is -2.01. The van der Waals surface area contributed by atoms with Gasteiger partial charge in [0.25, 0.3) is 0 Å². The van der Waals surface area contributed by atoms with E-state index in [1.165, 1.54) is 16.7 Å². The van der Waals surface area contributed by atoms with Crippen LogP contribution in [0.2, 0.25) is 0 Å². The smallest absolute Gasteiger partial charge is 0.250 e. The van der Waals surface area contributed by atoms with E-state index >= 15 is 0 Å². The highest BCUT2D eigenvalue weighted by Crippen LogP contribution is 2.12. The molecule has 18 heavy (non-hydrogen) atoms. The fourth-order valence-electron chi connectivity index (χ4n) is 1.93. The average Bonchev–Trinajstić information content (AvgIpc) is 2.72. The maximum atomic E-state index is 5.36. The Bertz CT molecular complexity index is 538. The summed E-state index contributed by atoms with van der Waals surface area (Å²) in [7, 11) is 0. The second-order valence-electron chi connectivity index (χ2n) is 4.36. The van der Waals surface area contributed by atoms with Gasteiger partial charge in [0.1, 0.15) is 0 Å². The van der Waals surface area contributed by atoms with E-state index in [0.717, 1.165) is 0 Å². The highest BCUT2D eigenvalue weighted by molar-refractivity contribution is 5.37. The van der Waals surface area contributed by atoms with Gasteiger partial charge in [-0.05, 0) is 19.4 Å². The van der Waals surface area contributed by atoms with E-state index in [1.54, 1.807) is 12.2 Å². The molecule has 0 unspecified atom stereocenters. The molecule has 0 aliphatic carbocycles. The average molecular weight is 243 g/mol. The minimum atomic E-state index is 0.467. The van der Waals surface area contributed by atoms with Crippen LogP contribution in [-0.4, -0.2) is 16.7 Å². The third-order valence-corrected chi connectivity index (χ3v) is 2.52. The second kappa shape index (κ2) is 5.60. The van der Waals surface area contributed by atoms with Crippen LogP contribution in [-0.2, 0) is 6.42 Å². The van der Waals surface area contributed by atoms with E-state index in [2.05, 4.69) is 42.2 Å². The number of aryl methyl sites for hydroxylation is 2. The molecule has 4 nitrogen and oxygen atoms in total. The third-order valence-electron chi connectivity index (χ3n) is 2.52. The molecule has 2 N–H and O–H groups in total. The number of aromatic nitrogens is 2. The van der Waals surface area contributed by atoms with Gasteiger partial charge in [-0.1, -0.05) is 40.6 Å². The summed E-state index contributed by atoms with van der Waals surface area (Å²) >= 11 is 0. The second-order valence-corrected chi connectivity index (χ2v) is 4.36. The lowest BCUT2D eigenvalue weighted by Crippen LogP contribution is -1.93. The molecular weight excluding hydrogens is 226 g/mol. The zero-order valence-electron chi connectivity index (χ0n) is 10.7. The molecule has 4 heteroatoms. The summed E-state index contributed by atoms with van der Waals surface area (Å²) < 4.78 is 5.10. The maximum absolute atomic E-state index is 5.36. The quantitative estimate of drug-likeness (QED) is 0.894. The molecule has 0 spiro atoms. The molecule has 1 heterocycles. The van der Waals surface area contributed by atoms with Crippen molar-refractivity contribution in [3.63, 3.8) is 0 Å². The normalized spacial score (nSPS) is 11.3. The predicted molar refractivity (Wildman–Crippen MR) is 71.1 cm³/mol. The van der Waals surface area contributed by atoms with Crippen molar-refractivity contribution in [2.75, 3.05) is 6.54 Å². The Morgan fingerprint density at radius 2 is 1.94 bits per heavy atom. The lowest BCUT2D eigenvalue weighted by molar-refractivity contribution is 0.404. The monoisotopic (exact) mass is 243 g/mol. The van der Waals surface area contributed by atoms with Crippen LogP contribution in [0.15, 0.2) is 28.8 Å². The van der Waals surface area contributed by atoms with Gasteiger partial charge in [0.15, 0.2) is 5.82 Å². The van der Waals surface area contributed by atoms with Crippen LogP contribution >= 0.6 is 0 Å². The van der Waals surface area contributed by atoms with Crippen LogP contribution in [0, 0.1) is 13.8 Å². The first-order valence-electron chi connectivity index (χ1n) is 5.94. The van der Waals surface area contributed by atoms with Crippen molar-refractivity contribution in [1.29, 1.82) is 0 Å². The highest BCUT2D eigenvalue weighted by Gasteiger charge is 2.05. The van der Waals surface area contributed by atoms with Gasteiger partial charge in [0.2, 0.25) is 5.89 Å². The van der Waals surface area contributed by atoms with E-state index in [0.29, 0.717) is 24.7 Å². The molecule has 0 aliphatic rings. The zero-order valence-corrected chi connectivity index (χ0v) is 10.7. The van der Waals surface area contributed by atoms with Gasteiger partial charge >= 0.3 is 0 Å². The number of hydrogen-bond acceptors (Lipinski definition) is 4. The summed E-state index contributed by atoms with van der Waals surface area (Å²) in [5, 5.41) is 3.95. The predicted octanol–water partition coefficient (Wildman–Crippen LogP) is 2.25. The Hall–Kier alpha value is -1.94. The summed E-state index contributed by atoms with van der Waals surface area (Å²) in [5.74, 6) is 1.19. The van der Waals surface area contributed by atoms with Crippen molar-refractivity contribution in [2.24, 2.45) is 5.73 Å². The summed E-state index contributed by atoms with van der Waals surface area (Å²) in [6.07, 6.45) is 4.20. The fraction of sp³-hybridized carbons (Fsp3) is 0.286. The third kappa shape index (κ3) is 3.28. The molecule has 0 fully saturated rings. The van der Waals surface area contributed by atoms with Gasteiger partial charge in [-0.25, -0.2) is 0 Å². The van der Waals surface area contributed by atoms with Crippen LogP contribution in [0.5, 0.6) is 0 Å². The van der Waals surface area contributed by atoms with Crippen LogP contribution in [0.1, 0.15) is 28.4 Å². The van der Waals surface area contributed by atoms with Gasteiger partial charge in [-0.2, -0.15) is 4.98 Å². The molecule has 0 bridgehead atoms. The minimum absolute atomic E-state index is 0.467. The van der Waals surface area contributed by atoms with E-state index in [-0.39, 0.29) is 0 Å². The maximum Gasteiger partial charge on any atom is 0.250 e. The standard InChI is InChI=1S/C14H17N3O/c1-10-6-11(2)8-12(7-10)9-13-16-14(18-17-13)4-3-5-15/h3-4,6-8H,5,9,15H2,1-2H3/b4-3+. The molecule has 0 amide bonds. The molecule has 0 saturated carbocycles. The molecule has 1 aromatic carbocycles. The van der Waals surface area contributed by atoms with E-state index in [1.807, 2.05) is 0 Å². The van der Waals surface area contributed by atoms with Crippen LogP contribution in [0.3, 0.4) is 0 Å². The summed E-state index contributed by atoms with van der Waals surface area (Å²) in [5.41, 5.74) is 9.05. The number of benzene rings is 1. The summed E-state index contributed by atoms with van der Waals surface area (Å²) in [4.78, 5) is 4.28. The van der Waals surface area contributed by atoms with Gasteiger partial charge in [0, 0.05) is 19.0 Å². The van der Waals surface area contributed by atoms with Crippen molar-refractivity contribution in [3.8, 4) is 0 Å². The Morgan fingerprint density at radius 1 is 1.22 bits per heavy atom. The van der Waals surface area contributed by atoms with Crippen molar-refractivity contribution < 1.29 is 4.52 Å². The highest BCUT2D eigenvalue weighted by atomic mass is 16.5. The molecule has 0 radical (unpaired) electrons. The van der Waals surface area contributed by atoms with Gasteiger partial charge < -0.3 is 10.3 Å². The number of nitrogens with zero attached hydrogens (tertiary/aromatic N) is 2. The SMILES string of the molecule is Cc1cc(C)cc(Cc2noc(/C=C/CN)n2)c1. The molecule has 94 valence electrons. The van der Waals surface area contributed by atoms with E-state index < -0.39 is 0 Å². The number of nitrogens with two attached hydrogens (primary N) is 1. The fourth-order valence-corrected chi connectivity index (χ4v) is 1.93. The molecule has 0 saturated heterocycles. The van der Waals surface area contributed by atoms with Crippen LogP contribution in [0.25, 0.3) is 6.08 Å². The lowest BCUT2D eigenvalue weighted by atomic mass is 10.1. The van der Waals surface area contributed by atoms with Crippen molar-refractivity contribution >= 4 is 6.08 Å². The number of hydrogen-bond donors (Lipinski definition) is 1. The molecule has 1 aromatic heterocycles. The minimum Gasteiger partial charge on any atom is -0.335 e. The molecule has 0 aliphatic heterocycles.